The summed E-state index contributed by atoms with van der Waals surface area (Å²) in [5.41, 5.74) is 1.93. The molecule has 0 spiro atoms. The number of nitrogens with one attached hydrogen (secondary N) is 1. The van der Waals surface area contributed by atoms with E-state index in [1.165, 1.54) is 15.8 Å². The zero-order chi connectivity index (χ0) is 21.3. The number of primary sulfonamides is 1. The van der Waals surface area contributed by atoms with E-state index >= 15 is 0 Å². The first-order chi connectivity index (χ1) is 14.2. The first kappa shape index (κ1) is 19.0. The number of carbonyl (C=O) groups excluding carboxylic acids is 3. The lowest BCUT2D eigenvalue weighted by atomic mass is 10.0. The van der Waals surface area contributed by atoms with E-state index in [4.69, 9.17) is 5.14 Å². The molecule has 0 bridgehead atoms. The van der Waals surface area contributed by atoms with Crippen LogP contribution in [0, 0.1) is 0 Å². The number of imide groups is 1. The zero-order valence-corrected chi connectivity index (χ0v) is 16.6. The fraction of sp³-hybridized carbons (Fsp3) is 0.389. The molecule has 2 fully saturated rings. The van der Waals surface area contributed by atoms with Gasteiger partial charge in [0.05, 0.1) is 11.9 Å². The molecule has 1 aromatic carbocycles. The Bertz CT molecular complexity index is 1150. The van der Waals surface area contributed by atoms with Gasteiger partial charge >= 0.3 is 0 Å². The molecule has 11 nitrogen and oxygen atoms in total. The van der Waals surface area contributed by atoms with E-state index in [1.54, 1.807) is 18.2 Å². The molecule has 30 heavy (non-hydrogen) atoms. The van der Waals surface area contributed by atoms with Crippen LogP contribution in [0.1, 0.15) is 47.3 Å². The second-order valence-corrected chi connectivity index (χ2v) is 9.66. The molecule has 3 aliphatic rings. The summed E-state index contributed by atoms with van der Waals surface area (Å²) in [4.78, 5) is 38.0. The van der Waals surface area contributed by atoms with Crippen molar-refractivity contribution in [3.8, 4) is 5.69 Å². The highest BCUT2D eigenvalue weighted by Crippen LogP contribution is 2.52. The van der Waals surface area contributed by atoms with Crippen LogP contribution in [-0.4, -0.2) is 48.2 Å². The molecule has 1 aliphatic carbocycles. The summed E-state index contributed by atoms with van der Waals surface area (Å²) in [6.45, 7) is 0.173. The molecule has 1 saturated carbocycles. The summed E-state index contributed by atoms with van der Waals surface area (Å²) >= 11 is 0. The maximum Gasteiger partial charge on any atom is 0.255 e. The molecule has 3 amide bonds. The Hall–Kier alpha value is -2.96. The quantitative estimate of drug-likeness (QED) is 0.488. The van der Waals surface area contributed by atoms with Crippen molar-refractivity contribution < 1.29 is 23.1 Å². The Morgan fingerprint density at radius 1 is 1.27 bits per heavy atom. The predicted molar refractivity (Wildman–Crippen MR) is 101 cm³/mol. The van der Waals surface area contributed by atoms with E-state index in [-0.39, 0.29) is 36.9 Å². The number of benzene rings is 1. The number of carbonyl (C=O) groups is 3. The lowest BCUT2D eigenvalue weighted by Crippen LogP contribution is -2.52. The van der Waals surface area contributed by atoms with Gasteiger partial charge in [-0.25, -0.2) is 4.68 Å². The number of nitrogens with zero attached hydrogens (tertiary/aromatic N) is 4. The first-order valence-corrected chi connectivity index (χ1v) is 11.0. The second-order valence-electron chi connectivity index (χ2n) is 7.79. The van der Waals surface area contributed by atoms with Gasteiger partial charge < -0.3 is 9.45 Å². The largest absolute Gasteiger partial charge is 0.597 e. The maximum absolute atomic E-state index is 12.9. The summed E-state index contributed by atoms with van der Waals surface area (Å²) in [5.74, 6) is -1.13. The fourth-order valence-electron chi connectivity index (χ4n) is 4.17. The monoisotopic (exact) mass is 430 g/mol. The van der Waals surface area contributed by atoms with Crippen molar-refractivity contribution in [3.05, 3.63) is 41.2 Å². The number of sulfonamides is 1. The van der Waals surface area contributed by atoms with Gasteiger partial charge in [-0.05, 0) is 18.6 Å². The molecule has 2 aromatic rings. The third-order valence-electron chi connectivity index (χ3n) is 6.01. The van der Waals surface area contributed by atoms with Crippen molar-refractivity contribution in [2.75, 3.05) is 0 Å². The van der Waals surface area contributed by atoms with Crippen LogP contribution < -0.4 is 10.5 Å². The third kappa shape index (κ3) is 2.71. The van der Waals surface area contributed by atoms with Gasteiger partial charge in [-0.2, -0.15) is 5.14 Å². The van der Waals surface area contributed by atoms with Crippen molar-refractivity contribution in [2.24, 2.45) is 5.14 Å². The molecular formula is C18H18N6O5S. The van der Waals surface area contributed by atoms with E-state index in [0.717, 1.165) is 0 Å². The van der Waals surface area contributed by atoms with E-state index in [1.807, 2.05) is 0 Å². The van der Waals surface area contributed by atoms with E-state index in [2.05, 4.69) is 15.6 Å². The van der Waals surface area contributed by atoms with Gasteiger partial charge in [0.25, 0.3) is 5.91 Å². The Labute approximate surface area is 172 Å². The smallest absolute Gasteiger partial charge is 0.255 e. The molecule has 2 unspecified atom stereocenters. The topological polar surface area (TPSA) is 163 Å². The van der Waals surface area contributed by atoms with Crippen LogP contribution in [0.5, 0.6) is 0 Å². The SMILES string of the molecule is N[S+](=O)([O-])C1(c2cn(-c3cccc4c3CN(C3CCC(=O)NC3=O)C4=O)nn2)CC1. The molecular weight excluding hydrogens is 412 g/mol. The highest BCUT2D eigenvalue weighted by atomic mass is 32.3. The highest BCUT2D eigenvalue weighted by Gasteiger charge is 2.61. The van der Waals surface area contributed by atoms with Crippen LogP contribution in [-0.2, 0) is 35.5 Å². The number of rotatable bonds is 4. The van der Waals surface area contributed by atoms with Crippen molar-refractivity contribution >= 4 is 28.1 Å². The summed E-state index contributed by atoms with van der Waals surface area (Å²) in [5, 5.41) is 15.7. The molecule has 0 radical (unpaired) electrons. The molecule has 1 saturated heterocycles. The number of hydrogen-bond acceptors (Lipinski definition) is 7. The number of hydrogen-bond donors (Lipinski definition) is 2. The third-order valence-corrected chi connectivity index (χ3v) is 7.72. The molecule has 3 heterocycles. The van der Waals surface area contributed by atoms with Crippen LogP contribution >= 0.6 is 0 Å². The number of amides is 3. The molecule has 1 aromatic heterocycles. The van der Waals surface area contributed by atoms with Gasteiger partial charge in [0.2, 0.25) is 11.8 Å². The minimum atomic E-state index is -3.82. The summed E-state index contributed by atoms with van der Waals surface area (Å²) in [6.07, 6.45) is 2.74. The lowest BCUT2D eigenvalue weighted by molar-refractivity contribution is -0.136. The predicted octanol–water partition coefficient (Wildman–Crippen LogP) is -0.479. The summed E-state index contributed by atoms with van der Waals surface area (Å²) < 4.78 is 24.1. The Balaban J connectivity index is 1.48. The van der Waals surface area contributed by atoms with E-state index < -0.39 is 27.1 Å². The second kappa shape index (κ2) is 6.27. The Morgan fingerprint density at radius 2 is 2.03 bits per heavy atom. The van der Waals surface area contributed by atoms with Crippen molar-refractivity contribution in [1.29, 1.82) is 0 Å². The summed E-state index contributed by atoms with van der Waals surface area (Å²) in [6, 6.07) is 4.37. The number of nitrogens with two attached hydrogens (primary N) is 1. The maximum atomic E-state index is 12.9. The van der Waals surface area contributed by atoms with Gasteiger partial charge in [-0.3, -0.25) is 19.7 Å². The van der Waals surface area contributed by atoms with E-state index in [9.17, 15) is 23.1 Å². The molecule has 12 heteroatoms. The van der Waals surface area contributed by atoms with Crippen LogP contribution in [0.2, 0.25) is 0 Å². The van der Waals surface area contributed by atoms with Gasteiger partial charge in [0.15, 0.2) is 4.75 Å². The average Bonchev–Trinajstić information content (AvgIpc) is 3.26. The van der Waals surface area contributed by atoms with Crippen LogP contribution in [0.15, 0.2) is 24.4 Å². The molecule has 5 rings (SSSR count). The van der Waals surface area contributed by atoms with Crippen LogP contribution in [0.3, 0.4) is 0 Å². The van der Waals surface area contributed by atoms with Crippen LogP contribution in [0.4, 0.5) is 0 Å². The zero-order valence-electron chi connectivity index (χ0n) is 15.7. The highest BCUT2D eigenvalue weighted by molar-refractivity contribution is 7.96. The minimum absolute atomic E-state index is 0.172. The molecule has 3 N–H and O–H groups in total. The Kier molecular flexibility index (Phi) is 3.98. The molecule has 2 atom stereocenters. The standard InChI is InChI=1S/C18H18N6O5S/c19-30(28,29)18(6-7-18)14-9-24(22-21-14)12-3-1-2-10-11(12)8-23(17(10)27)13-4-5-15(25)20-16(13)26/h1-3,9,13H,4-8H2,(H3-,19,20,25,26,28,29). The lowest BCUT2D eigenvalue weighted by Gasteiger charge is -2.29. The fourth-order valence-corrected chi connectivity index (χ4v) is 5.23. The molecule has 156 valence electrons. The van der Waals surface area contributed by atoms with E-state index in [0.29, 0.717) is 29.7 Å². The number of piperidine rings is 1. The Morgan fingerprint density at radius 3 is 2.70 bits per heavy atom. The van der Waals surface area contributed by atoms with Crippen molar-refractivity contribution in [2.45, 2.75) is 43.0 Å². The van der Waals surface area contributed by atoms with Gasteiger partial charge in [0.1, 0.15) is 22.1 Å². The normalized spacial score (nSPS) is 24.4. The van der Waals surface area contributed by atoms with Crippen LogP contribution in [0.25, 0.3) is 5.69 Å². The number of aromatic nitrogens is 3. The van der Waals surface area contributed by atoms with Gasteiger partial charge in [-0.15, -0.1) is 5.10 Å². The van der Waals surface area contributed by atoms with Gasteiger partial charge in [0, 0.05) is 36.9 Å². The first-order valence-electron chi connectivity index (χ1n) is 9.43. The van der Waals surface area contributed by atoms with Crippen molar-refractivity contribution in [3.63, 3.8) is 0 Å². The van der Waals surface area contributed by atoms with Crippen molar-refractivity contribution in [1.82, 2.24) is 25.2 Å². The minimum Gasteiger partial charge on any atom is -0.597 e. The summed E-state index contributed by atoms with van der Waals surface area (Å²) in [7, 11) is -3.82. The van der Waals surface area contributed by atoms with Gasteiger partial charge in [-0.1, -0.05) is 15.5 Å². The molecule has 2 aliphatic heterocycles. The average molecular weight is 430 g/mol. The number of fused-ring (bicyclic) bond motifs is 1.